The minimum atomic E-state index is -0.549. The summed E-state index contributed by atoms with van der Waals surface area (Å²) in [4.78, 5) is 26.5. The molecule has 1 N–H and O–H groups in total. The van der Waals surface area contributed by atoms with E-state index in [0.29, 0.717) is 37.5 Å². The molecule has 0 radical (unpaired) electrons. The highest BCUT2D eigenvalue weighted by Crippen LogP contribution is 2.31. The number of halogens is 1. The Hall–Kier alpha value is -2.61. The van der Waals surface area contributed by atoms with Crippen LogP contribution in [0.3, 0.4) is 0 Å². The molecule has 1 aromatic rings. The topological polar surface area (TPSA) is 71.1 Å². The van der Waals surface area contributed by atoms with Crippen molar-refractivity contribution in [2.45, 2.75) is 32.0 Å². The molecule has 2 heterocycles. The molecule has 0 aliphatic carbocycles. The lowest BCUT2D eigenvalue weighted by Gasteiger charge is -2.41. The molecule has 2 amide bonds. The van der Waals surface area contributed by atoms with E-state index in [9.17, 15) is 14.0 Å². The Balaban J connectivity index is 1.71. The minimum absolute atomic E-state index is 0.195. The monoisotopic (exact) mass is 391 g/mol. The number of hydrogen-bond acceptors (Lipinski definition) is 5. The van der Waals surface area contributed by atoms with Crippen molar-refractivity contribution in [3.8, 4) is 0 Å². The lowest BCUT2D eigenvalue weighted by molar-refractivity contribution is -0.119. The fourth-order valence-electron chi connectivity index (χ4n) is 3.58. The number of carbonyl (C=O) groups is 2. The van der Waals surface area contributed by atoms with E-state index in [1.165, 1.54) is 17.9 Å². The van der Waals surface area contributed by atoms with Crippen molar-refractivity contribution < 1.29 is 23.5 Å². The molecule has 0 saturated carbocycles. The number of benzene rings is 1. The van der Waals surface area contributed by atoms with Gasteiger partial charge in [0.05, 0.1) is 36.7 Å². The molecule has 0 bridgehead atoms. The Morgan fingerprint density at radius 3 is 2.96 bits per heavy atom. The van der Waals surface area contributed by atoms with Crippen LogP contribution in [0.4, 0.5) is 20.6 Å². The van der Waals surface area contributed by atoms with E-state index in [1.807, 2.05) is 11.8 Å². The molecule has 2 aliphatic heterocycles. The largest absolute Gasteiger partial charge is 0.442 e. The highest BCUT2D eigenvalue weighted by molar-refractivity contribution is 5.90. The summed E-state index contributed by atoms with van der Waals surface area (Å²) >= 11 is 0. The Morgan fingerprint density at radius 2 is 2.29 bits per heavy atom. The third kappa shape index (κ3) is 4.44. The summed E-state index contributed by atoms with van der Waals surface area (Å²) in [5.41, 5.74) is 0.504. The van der Waals surface area contributed by atoms with Crippen molar-refractivity contribution in [2.75, 3.05) is 42.6 Å². The van der Waals surface area contributed by atoms with Crippen LogP contribution in [0.25, 0.3) is 0 Å². The van der Waals surface area contributed by atoms with Crippen LogP contribution >= 0.6 is 0 Å². The second-order valence-corrected chi connectivity index (χ2v) is 7.40. The van der Waals surface area contributed by atoms with Crippen molar-refractivity contribution in [1.82, 2.24) is 5.32 Å². The number of ether oxygens (including phenoxy) is 2. The molecule has 1 unspecified atom stereocenters. The van der Waals surface area contributed by atoms with Gasteiger partial charge in [0.1, 0.15) is 11.9 Å². The molecule has 7 nitrogen and oxygen atoms in total. The molecule has 0 aromatic heterocycles. The van der Waals surface area contributed by atoms with Crippen molar-refractivity contribution >= 4 is 23.4 Å². The summed E-state index contributed by atoms with van der Waals surface area (Å²) in [6, 6.07) is 4.73. The van der Waals surface area contributed by atoms with Gasteiger partial charge in [0.25, 0.3) is 0 Å². The molecule has 2 saturated heterocycles. The molecule has 0 spiro atoms. The van der Waals surface area contributed by atoms with E-state index >= 15 is 0 Å². The molecule has 28 heavy (non-hydrogen) atoms. The Kier molecular flexibility index (Phi) is 5.88. The van der Waals surface area contributed by atoms with E-state index < -0.39 is 23.6 Å². The first-order valence-corrected chi connectivity index (χ1v) is 9.33. The number of anilines is 2. The summed E-state index contributed by atoms with van der Waals surface area (Å²) in [5.74, 6) is -0.600. The van der Waals surface area contributed by atoms with Crippen molar-refractivity contribution in [2.24, 2.45) is 0 Å². The zero-order valence-corrected chi connectivity index (χ0v) is 16.2. The van der Waals surface area contributed by atoms with Gasteiger partial charge in [0.15, 0.2) is 0 Å². The third-order valence-corrected chi connectivity index (χ3v) is 4.95. The number of carbonyl (C=O) groups excluding carboxylic acids is 2. The van der Waals surface area contributed by atoms with Crippen LogP contribution in [-0.2, 0) is 14.3 Å². The number of morpholine rings is 1. The van der Waals surface area contributed by atoms with Crippen LogP contribution in [-0.4, -0.2) is 56.5 Å². The maximum Gasteiger partial charge on any atom is 0.414 e. The normalized spacial score (nSPS) is 24.8. The standard InChI is InChI=1S/C20H26FN3O4/c1-4-7-20(3)13-23(8-9-27-20)18-6-5-15(10-17(18)21)24-12-16(28-19(24)26)11-22-14(2)25/h4-6,10,16H,1,7-9,11-13H2,2-3H3,(H,22,25)/t16-,20?/m0/s1. The number of amides is 2. The smallest absolute Gasteiger partial charge is 0.414 e. The fourth-order valence-corrected chi connectivity index (χ4v) is 3.58. The number of nitrogens with zero attached hydrogens (tertiary/aromatic N) is 2. The molecule has 152 valence electrons. The summed E-state index contributed by atoms with van der Waals surface area (Å²) in [7, 11) is 0. The van der Waals surface area contributed by atoms with E-state index in [1.54, 1.807) is 18.2 Å². The maximum atomic E-state index is 14.9. The molecule has 2 fully saturated rings. The van der Waals surface area contributed by atoms with E-state index in [-0.39, 0.29) is 19.0 Å². The van der Waals surface area contributed by atoms with Crippen molar-refractivity contribution in [3.05, 3.63) is 36.7 Å². The molecule has 1 aromatic carbocycles. The van der Waals surface area contributed by atoms with Gasteiger partial charge in [-0.05, 0) is 31.5 Å². The number of nitrogens with one attached hydrogen (secondary N) is 1. The molecular formula is C20H26FN3O4. The van der Waals surface area contributed by atoms with Gasteiger partial charge < -0.3 is 19.7 Å². The maximum absolute atomic E-state index is 14.9. The average Bonchev–Trinajstić information content (AvgIpc) is 3.00. The fraction of sp³-hybridized carbons (Fsp3) is 0.500. The van der Waals surface area contributed by atoms with Gasteiger partial charge in [-0.3, -0.25) is 9.69 Å². The molecule has 8 heteroatoms. The lowest BCUT2D eigenvalue weighted by atomic mass is 9.99. The van der Waals surface area contributed by atoms with Gasteiger partial charge in [0.2, 0.25) is 5.91 Å². The van der Waals surface area contributed by atoms with Gasteiger partial charge in [-0.15, -0.1) is 6.58 Å². The minimum Gasteiger partial charge on any atom is -0.442 e. The van der Waals surface area contributed by atoms with Gasteiger partial charge in [-0.25, -0.2) is 9.18 Å². The highest BCUT2D eigenvalue weighted by atomic mass is 19.1. The van der Waals surface area contributed by atoms with Crippen molar-refractivity contribution in [1.29, 1.82) is 0 Å². The van der Waals surface area contributed by atoms with E-state index in [4.69, 9.17) is 9.47 Å². The quantitative estimate of drug-likeness (QED) is 0.755. The van der Waals surface area contributed by atoms with Gasteiger partial charge in [0, 0.05) is 20.0 Å². The Morgan fingerprint density at radius 1 is 1.50 bits per heavy atom. The lowest BCUT2D eigenvalue weighted by Crippen LogP contribution is -2.50. The predicted molar refractivity (Wildman–Crippen MR) is 104 cm³/mol. The second-order valence-electron chi connectivity index (χ2n) is 7.40. The van der Waals surface area contributed by atoms with Crippen LogP contribution in [0.15, 0.2) is 30.9 Å². The van der Waals surface area contributed by atoms with Crippen LogP contribution in [0.1, 0.15) is 20.3 Å². The molecule has 3 rings (SSSR count). The first-order valence-electron chi connectivity index (χ1n) is 9.33. The number of rotatable bonds is 6. The SMILES string of the molecule is C=CCC1(C)CN(c2ccc(N3C[C@H](CNC(C)=O)OC3=O)cc2F)CCO1. The zero-order valence-electron chi connectivity index (χ0n) is 16.2. The first kappa shape index (κ1) is 20.1. The van der Waals surface area contributed by atoms with Crippen LogP contribution in [0.5, 0.6) is 0 Å². The number of cyclic esters (lactones) is 1. The second kappa shape index (κ2) is 8.18. The third-order valence-electron chi connectivity index (χ3n) is 4.95. The Labute approximate surface area is 164 Å². The zero-order chi connectivity index (χ0) is 20.3. The van der Waals surface area contributed by atoms with Crippen molar-refractivity contribution in [3.63, 3.8) is 0 Å². The van der Waals surface area contributed by atoms with Crippen LogP contribution in [0.2, 0.25) is 0 Å². The van der Waals surface area contributed by atoms with E-state index in [0.717, 1.165) is 0 Å². The molecule has 2 atom stereocenters. The van der Waals surface area contributed by atoms with Gasteiger partial charge >= 0.3 is 6.09 Å². The van der Waals surface area contributed by atoms with Crippen LogP contribution in [0, 0.1) is 5.82 Å². The summed E-state index contributed by atoms with van der Waals surface area (Å²) in [6.07, 6.45) is 1.48. The van der Waals surface area contributed by atoms with Gasteiger partial charge in [-0.1, -0.05) is 6.08 Å². The molecular weight excluding hydrogens is 365 g/mol. The Bertz CT molecular complexity index is 772. The highest BCUT2D eigenvalue weighted by Gasteiger charge is 2.34. The van der Waals surface area contributed by atoms with Gasteiger partial charge in [-0.2, -0.15) is 0 Å². The summed E-state index contributed by atoms with van der Waals surface area (Å²) in [6.45, 7) is 9.29. The predicted octanol–water partition coefficient (Wildman–Crippen LogP) is 2.46. The first-order chi connectivity index (χ1) is 13.3. The van der Waals surface area contributed by atoms with E-state index in [2.05, 4.69) is 11.9 Å². The van der Waals surface area contributed by atoms with Crippen LogP contribution < -0.4 is 15.1 Å². The summed E-state index contributed by atoms with van der Waals surface area (Å²) < 4.78 is 25.9. The average molecular weight is 391 g/mol. The molecule has 2 aliphatic rings. The number of hydrogen-bond donors (Lipinski definition) is 1. The summed E-state index contributed by atoms with van der Waals surface area (Å²) in [5, 5.41) is 2.62.